The molecule has 0 unspecified atom stereocenters. The Labute approximate surface area is 244 Å². The second-order valence-corrected chi connectivity index (χ2v) is 11.2. The molecule has 0 radical (unpaired) electrons. The molecule has 7 nitrogen and oxygen atoms in total. The van der Waals surface area contributed by atoms with Crippen LogP contribution in [0.5, 0.6) is 5.75 Å². The third kappa shape index (κ3) is 5.52. The molecule has 0 amide bonds. The molecule has 0 saturated heterocycles. The fourth-order valence-corrected chi connectivity index (χ4v) is 5.91. The van der Waals surface area contributed by atoms with E-state index in [0.717, 1.165) is 5.56 Å². The van der Waals surface area contributed by atoms with Crippen LogP contribution in [-0.2, 0) is 9.53 Å². The van der Waals surface area contributed by atoms with Gasteiger partial charge >= 0.3 is 5.97 Å². The number of carbonyl (C=O) groups excluding carboxylic acids is 1. The van der Waals surface area contributed by atoms with Gasteiger partial charge in [-0.05, 0) is 75.7 Å². The molecule has 0 saturated carbocycles. The largest absolute Gasteiger partial charge is 0.491 e. The highest BCUT2D eigenvalue weighted by molar-refractivity contribution is 7.07. The predicted molar refractivity (Wildman–Crippen MR) is 157 cm³/mol. The van der Waals surface area contributed by atoms with Crippen molar-refractivity contribution in [2.75, 3.05) is 6.61 Å². The van der Waals surface area contributed by atoms with E-state index in [2.05, 4.69) is 4.99 Å². The summed E-state index contributed by atoms with van der Waals surface area (Å²) >= 11 is 13.7. The third-order valence-corrected chi connectivity index (χ3v) is 7.73. The fraction of sp³-hybridized carbons (Fsp3) is 0.233. The lowest BCUT2D eigenvalue weighted by molar-refractivity contribution is -0.139. The Morgan fingerprint density at radius 1 is 1.15 bits per heavy atom. The molecular weight excluding hydrogens is 571 g/mol. The molecule has 10 heteroatoms. The van der Waals surface area contributed by atoms with E-state index in [1.165, 1.54) is 15.9 Å². The number of benzene rings is 2. The van der Waals surface area contributed by atoms with Gasteiger partial charge in [-0.25, -0.2) is 9.79 Å². The zero-order valence-electron chi connectivity index (χ0n) is 22.2. The smallest absolute Gasteiger partial charge is 0.338 e. The molecule has 2 aromatic heterocycles. The van der Waals surface area contributed by atoms with Crippen molar-refractivity contribution in [3.8, 4) is 17.1 Å². The molecule has 206 valence electrons. The molecule has 0 fully saturated rings. The molecule has 1 aliphatic rings. The Balaban J connectivity index is 1.61. The van der Waals surface area contributed by atoms with E-state index >= 15 is 0 Å². The average molecular weight is 598 g/mol. The van der Waals surface area contributed by atoms with Gasteiger partial charge in [0.25, 0.3) is 5.56 Å². The number of allylic oxidation sites excluding steroid dienone is 1. The Hall–Kier alpha value is -3.59. The number of rotatable bonds is 7. The van der Waals surface area contributed by atoms with Gasteiger partial charge in [-0.3, -0.25) is 9.36 Å². The van der Waals surface area contributed by atoms with Crippen LogP contribution in [0.15, 0.2) is 80.1 Å². The molecule has 40 heavy (non-hydrogen) atoms. The highest BCUT2D eigenvalue weighted by Crippen LogP contribution is 2.33. The summed E-state index contributed by atoms with van der Waals surface area (Å²) in [5.74, 6) is 1.16. The van der Waals surface area contributed by atoms with Gasteiger partial charge in [-0.15, -0.1) is 0 Å². The van der Waals surface area contributed by atoms with Crippen molar-refractivity contribution in [1.29, 1.82) is 0 Å². The first-order valence-corrected chi connectivity index (χ1v) is 14.2. The van der Waals surface area contributed by atoms with Crippen LogP contribution >= 0.6 is 34.5 Å². The summed E-state index contributed by atoms with van der Waals surface area (Å²) in [6.45, 7) is 7.58. The molecular formula is C30H26Cl2N2O5S. The maximum atomic E-state index is 13.8. The normalized spacial score (nSPS) is 15.3. The predicted octanol–water partition coefficient (Wildman–Crippen LogP) is 6.15. The van der Waals surface area contributed by atoms with Crippen LogP contribution in [-0.4, -0.2) is 23.2 Å². The minimum Gasteiger partial charge on any atom is -0.491 e. The van der Waals surface area contributed by atoms with E-state index in [4.69, 9.17) is 37.1 Å². The maximum Gasteiger partial charge on any atom is 0.338 e. The van der Waals surface area contributed by atoms with Crippen LogP contribution in [0.3, 0.4) is 0 Å². The van der Waals surface area contributed by atoms with Gasteiger partial charge in [-0.2, -0.15) is 0 Å². The number of carbonyl (C=O) groups is 1. The number of esters is 1. The Kier molecular flexibility index (Phi) is 8.03. The van der Waals surface area contributed by atoms with Crippen LogP contribution < -0.4 is 19.6 Å². The summed E-state index contributed by atoms with van der Waals surface area (Å²) in [4.78, 5) is 32.0. The molecule has 2 aromatic carbocycles. The highest BCUT2D eigenvalue weighted by Gasteiger charge is 2.33. The molecule has 1 atom stereocenters. The van der Waals surface area contributed by atoms with E-state index in [0.29, 0.717) is 53.5 Å². The summed E-state index contributed by atoms with van der Waals surface area (Å²) in [5.41, 5.74) is 1.89. The Morgan fingerprint density at radius 2 is 1.90 bits per heavy atom. The lowest BCUT2D eigenvalue weighted by Gasteiger charge is -2.25. The minimum atomic E-state index is -0.719. The van der Waals surface area contributed by atoms with E-state index in [1.54, 1.807) is 50.3 Å². The standard InChI is InChI=1S/C30H26Cl2N2O5S/c1-5-37-29(36)26-17(4)33-30-34(27(26)18-6-9-20(10-7-18)38-16(2)3)28(35)25(40-30)15-21-11-13-24(39-21)22-14-19(31)8-12-23(22)32/h6-16,27H,5H2,1-4H3/b25-15-/t27-/m0/s1. The van der Waals surface area contributed by atoms with Crippen LogP contribution in [0.2, 0.25) is 10.0 Å². The number of thiazole rings is 1. The number of ether oxygens (including phenoxy) is 2. The maximum absolute atomic E-state index is 13.8. The van der Waals surface area contributed by atoms with Crippen molar-refractivity contribution in [3.63, 3.8) is 0 Å². The van der Waals surface area contributed by atoms with Crippen molar-refractivity contribution in [2.24, 2.45) is 4.99 Å². The van der Waals surface area contributed by atoms with Crippen LogP contribution in [0.25, 0.3) is 17.4 Å². The van der Waals surface area contributed by atoms with Crippen LogP contribution in [0, 0.1) is 0 Å². The molecule has 0 spiro atoms. The van der Waals surface area contributed by atoms with Crippen LogP contribution in [0.1, 0.15) is 45.1 Å². The Bertz CT molecular complexity index is 1800. The highest BCUT2D eigenvalue weighted by atomic mass is 35.5. The monoisotopic (exact) mass is 596 g/mol. The number of hydrogen-bond donors (Lipinski definition) is 0. The fourth-order valence-electron chi connectivity index (χ4n) is 4.50. The molecule has 0 bridgehead atoms. The summed E-state index contributed by atoms with van der Waals surface area (Å²) in [6.07, 6.45) is 1.67. The number of hydrogen-bond acceptors (Lipinski definition) is 7. The van der Waals surface area contributed by atoms with E-state index in [1.807, 2.05) is 38.1 Å². The topological polar surface area (TPSA) is 83.0 Å². The average Bonchev–Trinajstić information content (AvgIpc) is 3.49. The lowest BCUT2D eigenvalue weighted by atomic mass is 9.96. The number of fused-ring (bicyclic) bond motifs is 1. The van der Waals surface area contributed by atoms with Gasteiger partial charge in [0.2, 0.25) is 0 Å². The van der Waals surface area contributed by atoms with Crippen molar-refractivity contribution in [2.45, 2.75) is 39.8 Å². The van der Waals surface area contributed by atoms with Gasteiger partial charge in [0.15, 0.2) is 4.80 Å². The van der Waals surface area contributed by atoms with Crippen molar-refractivity contribution in [3.05, 3.63) is 107 Å². The second-order valence-electron chi connectivity index (χ2n) is 9.36. The SMILES string of the molecule is CCOC(=O)C1=C(C)N=c2s/c(=C\c3ccc(-c4cc(Cl)ccc4Cl)o3)c(=O)n2[C@H]1c1ccc(OC(C)C)cc1. The van der Waals surface area contributed by atoms with Crippen LogP contribution in [0.4, 0.5) is 0 Å². The molecule has 3 heterocycles. The number of halogens is 2. The van der Waals surface area contributed by atoms with Crippen molar-refractivity contribution in [1.82, 2.24) is 4.57 Å². The van der Waals surface area contributed by atoms with Gasteiger partial charge in [-0.1, -0.05) is 46.7 Å². The number of nitrogens with zero attached hydrogens (tertiary/aromatic N) is 2. The second kappa shape index (κ2) is 11.5. The number of furan rings is 1. The molecule has 0 N–H and O–H groups in total. The quantitative estimate of drug-likeness (QED) is 0.239. The zero-order valence-corrected chi connectivity index (χ0v) is 24.6. The third-order valence-electron chi connectivity index (χ3n) is 6.18. The summed E-state index contributed by atoms with van der Waals surface area (Å²) in [5, 5.41) is 1.03. The zero-order chi connectivity index (χ0) is 28.6. The van der Waals surface area contributed by atoms with Gasteiger partial charge in [0, 0.05) is 16.7 Å². The molecule has 4 aromatic rings. The van der Waals surface area contributed by atoms with E-state index < -0.39 is 12.0 Å². The van der Waals surface area contributed by atoms with Gasteiger partial charge < -0.3 is 13.9 Å². The minimum absolute atomic E-state index is 0.0118. The molecule has 0 aliphatic carbocycles. The van der Waals surface area contributed by atoms with Gasteiger partial charge in [0.1, 0.15) is 17.3 Å². The van der Waals surface area contributed by atoms with E-state index in [9.17, 15) is 9.59 Å². The van der Waals surface area contributed by atoms with Crippen molar-refractivity contribution >= 4 is 46.6 Å². The lowest BCUT2D eigenvalue weighted by Crippen LogP contribution is -2.39. The molecule has 1 aliphatic heterocycles. The first-order valence-electron chi connectivity index (χ1n) is 12.7. The van der Waals surface area contributed by atoms with Gasteiger partial charge in [0.05, 0.1) is 39.6 Å². The summed E-state index contributed by atoms with van der Waals surface area (Å²) in [6, 6.07) is 15.3. The molecule has 5 rings (SSSR count). The number of aromatic nitrogens is 1. The first-order chi connectivity index (χ1) is 19.2. The summed E-state index contributed by atoms with van der Waals surface area (Å²) in [7, 11) is 0. The van der Waals surface area contributed by atoms with E-state index in [-0.39, 0.29) is 18.3 Å². The summed E-state index contributed by atoms with van der Waals surface area (Å²) < 4.78 is 19.1. The Morgan fingerprint density at radius 3 is 2.60 bits per heavy atom. The first kappa shape index (κ1) is 28.0. The van der Waals surface area contributed by atoms with Crippen molar-refractivity contribution < 1.29 is 18.7 Å².